The Morgan fingerprint density at radius 2 is 1.67 bits per heavy atom. The standard InChI is InChI=1S/C16H31N3O2/c1-12-8-6-7-9-13(12)17-14(20)10-19(5)11-15(21)18-16(2,3)4/h12-13H,6-11H2,1-5H3,(H,17,20)(H,18,21)/p+1/t12-,13-/m1/s1. The molecule has 0 spiro atoms. The highest BCUT2D eigenvalue weighted by Crippen LogP contribution is 2.23. The number of nitrogens with one attached hydrogen (secondary N) is 3. The molecule has 1 aliphatic rings. The quantitative estimate of drug-likeness (QED) is 0.675. The Morgan fingerprint density at radius 3 is 2.24 bits per heavy atom. The van der Waals surface area contributed by atoms with E-state index in [2.05, 4.69) is 17.6 Å². The van der Waals surface area contributed by atoms with Crippen LogP contribution in [0.4, 0.5) is 0 Å². The van der Waals surface area contributed by atoms with Gasteiger partial charge in [-0.05, 0) is 39.5 Å². The van der Waals surface area contributed by atoms with E-state index in [0.717, 1.165) is 11.3 Å². The van der Waals surface area contributed by atoms with E-state index >= 15 is 0 Å². The minimum Gasteiger partial charge on any atom is -0.348 e. The lowest BCUT2D eigenvalue weighted by atomic mass is 9.86. The number of hydrogen-bond acceptors (Lipinski definition) is 2. The highest BCUT2D eigenvalue weighted by atomic mass is 16.2. The van der Waals surface area contributed by atoms with Crippen molar-refractivity contribution in [2.75, 3.05) is 20.1 Å². The Labute approximate surface area is 128 Å². The van der Waals surface area contributed by atoms with Gasteiger partial charge in [-0.25, -0.2) is 0 Å². The zero-order chi connectivity index (χ0) is 16.0. The molecule has 0 aromatic heterocycles. The molecule has 5 nitrogen and oxygen atoms in total. The Balaban J connectivity index is 2.31. The Kier molecular flexibility index (Phi) is 6.65. The summed E-state index contributed by atoms with van der Waals surface area (Å²) in [5.74, 6) is 0.598. The van der Waals surface area contributed by atoms with Crippen molar-refractivity contribution in [1.29, 1.82) is 0 Å². The van der Waals surface area contributed by atoms with Crippen molar-refractivity contribution in [3.63, 3.8) is 0 Å². The molecule has 1 saturated carbocycles. The summed E-state index contributed by atoms with van der Waals surface area (Å²) in [5, 5.41) is 6.05. The predicted octanol–water partition coefficient (Wildman–Crippen LogP) is 0.111. The molecule has 0 aliphatic heterocycles. The van der Waals surface area contributed by atoms with Crippen LogP contribution in [0.15, 0.2) is 0 Å². The molecule has 0 radical (unpaired) electrons. The van der Waals surface area contributed by atoms with E-state index in [9.17, 15) is 9.59 Å². The molecular formula is C16H32N3O2+. The number of likely N-dealkylation sites (N-methyl/N-ethyl adjacent to an activating group) is 1. The third-order valence-corrected chi connectivity index (χ3v) is 3.90. The summed E-state index contributed by atoms with van der Waals surface area (Å²) in [7, 11) is 1.88. The molecule has 0 heterocycles. The normalized spacial score (nSPS) is 24.2. The largest absolute Gasteiger partial charge is 0.348 e. The van der Waals surface area contributed by atoms with Gasteiger partial charge in [-0.3, -0.25) is 9.59 Å². The molecule has 0 bridgehead atoms. The van der Waals surface area contributed by atoms with Crippen LogP contribution in [0.2, 0.25) is 0 Å². The van der Waals surface area contributed by atoms with Gasteiger partial charge < -0.3 is 15.5 Å². The highest BCUT2D eigenvalue weighted by molar-refractivity contribution is 5.79. The Bertz CT molecular complexity index is 363. The summed E-state index contributed by atoms with van der Waals surface area (Å²) in [6.45, 7) is 8.75. The zero-order valence-electron chi connectivity index (χ0n) is 14.2. The van der Waals surface area contributed by atoms with Crippen LogP contribution in [0.1, 0.15) is 53.4 Å². The van der Waals surface area contributed by atoms with Crippen molar-refractivity contribution >= 4 is 11.8 Å². The molecule has 2 amide bonds. The van der Waals surface area contributed by atoms with Crippen LogP contribution < -0.4 is 15.5 Å². The first-order valence-corrected chi connectivity index (χ1v) is 8.09. The lowest BCUT2D eigenvalue weighted by Gasteiger charge is -2.29. The smallest absolute Gasteiger partial charge is 0.275 e. The van der Waals surface area contributed by atoms with E-state index in [1.807, 2.05) is 27.8 Å². The lowest BCUT2D eigenvalue weighted by Crippen LogP contribution is -3.11. The average Bonchev–Trinajstić information content (AvgIpc) is 2.28. The molecule has 1 unspecified atom stereocenters. The van der Waals surface area contributed by atoms with Gasteiger partial charge in [0.2, 0.25) is 0 Å². The van der Waals surface area contributed by atoms with E-state index in [0.29, 0.717) is 25.0 Å². The van der Waals surface area contributed by atoms with Crippen LogP contribution in [0.3, 0.4) is 0 Å². The summed E-state index contributed by atoms with van der Waals surface area (Å²) in [6.07, 6.45) is 4.75. The fourth-order valence-corrected chi connectivity index (χ4v) is 2.86. The van der Waals surface area contributed by atoms with Crippen LogP contribution in [0, 0.1) is 5.92 Å². The SMILES string of the molecule is C[C@@H]1CCCC[C@H]1NC(=O)C[NH+](C)CC(=O)NC(C)(C)C. The predicted molar refractivity (Wildman–Crippen MR) is 84.1 cm³/mol. The Hall–Kier alpha value is -1.10. The number of amides is 2. The van der Waals surface area contributed by atoms with E-state index in [1.165, 1.54) is 19.3 Å². The van der Waals surface area contributed by atoms with Crippen molar-refractivity contribution in [3.8, 4) is 0 Å². The molecule has 1 fully saturated rings. The first kappa shape index (κ1) is 18.0. The third kappa shape index (κ3) is 7.46. The lowest BCUT2D eigenvalue weighted by molar-refractivity contribution is -0.862. The second-order valence-electron chi connectivity index (χ2n) is 7.54. The van der Waals surface area contributed by atoms with Gasteiger partial charge in [-0.1, -0.05) is 19.8 Å². The van der Waals surface area contributed by atoms with Crippen LogP contribution in [0.25, 0.3) is 0 Å². The van der Waals surface area contributed by atoms with Crippen LogP contribution in [0.5, 0.6) is 0 Å². The average molecular weight is 298 g/mol. The molecule has 1 rings (SSSR count). The van der Waals surface area contributed by atoms with E-state index < -0.39 is 0 Å². The number of carbonyl (C=O) groups is 2. The molecular weight excluding hydrogens is 266 g/mol. The molecule has 122 valence electrons. The molecule has 0 aromatic carbocycles. The van der Waals surface area contributed by atoms with Crippen LogP contribution in [-0.4, -0.2) is 43.5 Å². The van der Waals surface area contributed by atoms with Crippen LogP contribution >= 0.6 is 0 Å². The second kappa shape index (κ2) is 7.78. The molecule has 3 N–H and O–H groups in total. The monoisotopic (exact) mass is 298 g/mol. The summed E-state index contributed by atoms with van der Waals surface area (Å²) in [6, 6.07) is 0.308. The second-order valence-corrected chi connectivity index (χ2v) is 7.54. The Morgan fingerprint density at radius 1 is 1.10 bits per heavy atom. The van der Waals surface area contributed by atoms with Crippen LogP contribution in [-0.2, 0) is 9.59 Å². The summed E-state index contributed by atoms with van der Waals surface area (Å²) in [5.41, 5.74) is -0.225. The van der Waals surface area contributed by atoms with E-state index in [1.54, 1.807) is 0 Å². The van der Waals surface area contributed by atoms with Crippen molar-refractivity contribution < 1.29 is 14.5 Å². The number of quaternary nitrogens is 1. The van der Waals surface area contributed by atoms with Gasteiger partial charge in [0.1, 0.15) is 0 Å². The summed E-state index contributed by atoms with van der Waals surface area (Å²) < 4.78 is 0. The van der Waals surface area contributed by atoms with Gasteiger partial charge in [0, 0.05) is 11.6 Å². The maximum Gasteiger partial charge on any atom is 0.275 e. The van der Waals surface area contributed by atoms with Gasteiger partial charge in [0.25, 0.3) is 11.8 Å². The van der Waals surface area contributed by atoms with Crippen molar-refractivity contribution in [2.45, 2.75) is 65.0 Å². The minimum atomic E-state index is -0.225. The maximum absolute atomic E-state index is 12.1. The molecule has 0 aromatic rings. The van der Waals surface area contributed by atoms with Crippen molar-refractivity contribution in [1.82, 2.24) is 10.6 Å². The van der Waals surface area contributed by atoms with Gasteiger partial charge >= 0.3 is 0 Å². The number of hydrogen-bond donors (Lipinski definition) is 3. The fourth-order valence-electron chi connectivity index (χ4n) is 2.86. The van der Waals surface area contributed by atoms with Gasteiger partial charge in [-0.2, -0.15) is 0 Å². The first-order valence-electron chi connectivity index (χ1n) is 8.09. The van der Waals surface area contributed by atoms with Gasteiger partial charge in [0.15, 0.2) is 13.1 Å². The first-order chi connectivity index (χ1) is 9.67. The van der Waals surface area contributed by atoms with Crippen molar-refractivity contribution in [3.05, 3.63) is 0 Å². The fraction of sp³-hybridized carbons (Fsp3) is 0.875. The van der Waals surface area contributed by atoms with Gasteiger partial charge in [-0.15, -0.1) is 0 Å². The number of carbonyl (C=O) groups excluding carboxylic acids is 2. The summed E-state index contributed by atoms with van der Waals surface area (Å²) in [4.78, 5) is 24.8. The molecule has 1 aliphatic carbocycles. The molecule has 5 heteroatoms. The summed E-state index contributed by atoms with van der Waals surface area (Å²) >= 11 is 0. The van der Waals surface area contributed by atoms with E-state index in [-0.39, 0.29) is 17.4 Å². The minimum absolute atomic E-state index is 0.0150. The topological polar surface area (TPSA) is 62.6 Å². The number of rotatable bonds is 5. The molecule has 3 atom stereocenters. The van der Waals surface area contributed by atoms with Gasteiger partial charge in [0.05, 0.1) is 7.05 Å². The molecule has 21 heavy (non-hydrogen) atoms. The zero-order valence-corrected chi connectivity index (χ0v) is 14.2. The highest BCUT2D eigenvalue weighted by Gasteiger charge is 2.24. The molecule has 0 saturated heterocycles. The third-order valence-electron chi connectivity index (χ3n) is 3.90. The van der Waals surface area contributed by atoms with Crippen molar-refractivity contribution in [2.24, 2.45) is 5.92 Å². The van der Waals surface area contributed by atoms with E-state index in [4.69, 9.17) is 0 Å². The maximum atomic E-state index is 12.1.